The van der Waals surface area contributed by atoms with Crippen LogP contribution in [0.4, 0.5) is 5.13 Å². The minimum absolute atomic E-state index is 0.162. The normalized spacial score (nSPS) is 31.6. The number of carbonyl (C=O) groups excluding carboxylic acids is 1. The third-order valence-corrected chi connectivity index (χ3v) is 5.93. The Bertz CT molecular complexity index is 557. The van der Waals surface area contributed by atoms with E-state index in [1.54, 1.807) is 11.3 Å². The van der Waals surface area contributed by atoms with Crippen molar-refractivity contribution in [2.24, 2.45) is 5.92 Å². The van der Waals surface area contributed by atoms with Gasteiger partial charge in [0.25, 0.3) is 5.91 Å². The molecule has 0 saturated carbocycles. The second kappa shape index (κ2) is 5.77. The lowest BCUT2D eigenvalue weighted by atomic mass is 9.92. The highest BCUT2D eigenvalue weighted by Crippen LogP contribution is 2.36. The quantitative estimate of drug-likeness (QED) is 0.825. The fraction of sp³-hybridized carbons (Fsp3) is 0.800. The van der Waals surface area contributed by atoms with E-state index in [9.17, 15) is 4.79 Å². The maximum absolute atomic E-state index is 12.5. The van der Waals surface area contributed by atoms with Crippen LogP contribution in [-0.2, 0) is 9.53 Å². The summed E-state index contributed by atoms with van der Waals surface area (Å²) in [5.74, 6) is 0.729. The Morgan fingerprint density at radius 2 is 2.09 bits per heavy atom. The molecule has 22 heavy (non-hydrogen) atoms. The summed E-state index contributed by atoms with van der Waals surface area (Å²) in [7, 11) is 0. The molecule has 0 N–H and O–H groups in total. The number of anilines is 1. The number of piperidine rings is 1. The maximum atomic E-state index is 12.5. The van der Waals surface area contributed by atoms with E-state index in [1.807, 2.05) is 11.8 Å². The number of hydrogen-bond acceptors (Lipinski definition) is 6. The van der Waals surface area contributed by atoms with Gasteiger partial charge in [0.05, 0.1) is 6.10 Å². The molecular weight excluding hydrogens is 300 g/mol. The number of fused-ring (bicyclic) bond motifs is 1. The SMILES string of the molecule is Cc1nnc(N2CC[C@H]3C[C@H](C(=O)N4CCCC4)O[C@H]3C2)s1. The van der Waals surface area contributed by atoms with Gasteiger partial charge >= 0.3 is 0 Å². The van der Waals surface area contributed by atoms with E-state index in [0.717, 1.165) is 62.0 Å². The number of ether oxygens (including phenoxy) is 1. The standard InChI is InChI=1S/C15H22N4O2S/c1-10-16-17-15(22-10)19-7-4-11-8-12(21-13(11)9-19)14(20)18-5-2-3-6-18/h11-13H,2-9H2,1H3/t11-,12+,13-/m0/s1. The molecule has 6 nitrogen and oxygen atoms in total. The lowest BCUT2D eigenvalue weighted by Crippen LogP contribution is -2.42. The Labute approximate surface area is 134 Å². The Kier molecular flexibility index (Phi) is 3.78. The fourth-order valence-corrected chi connectivity index (χ4v) is 4.54. The Morgan fingerprint density at radius 1 is 1.27 bits per heavy atom. The van der Waals surface area contributed by atoms with E-state index in [2.05, 4.69) is 15.1 Å². The van der Waals surface area contributed by atoms with Gasteiger partial charge in [0.2, 0.25) is 5.13 Å². The van der Waals surface area contributed by atoms with Crippen molar-refractivity contribution >= 4 is 22.4 Å². The van der Waals surface area contributed by atoms with Crippen molar-refractivity contribution in [3.05, 3.63) is 5.01 Å². The van der Waals surface area contributed by atoms with Crippen molar-refractivity contribution in [1.82, 2.24) is 15.1 Å². The van der Waals surface area contributed by atoms with Gasteiger partial charge in [-0.15, -0.1) is 10.2 Å². The molecule has 1 amide bonds. The van der Waals surface area contributed by atoms with E-state index >= 15 is 0 Å². The van der Waals surface area contributed by atoms with Crippen molar-refractivity contribution in [3.63, 3.8) is 0 Å². The smallest absolute Gasteiger partial charge is 0.251 e. The lowest BCUT2D eigenvalue weighted by molar-refractivity contribution is -0.141. The number of aromatic nitrogens is 2. The fourth-order valence-electron chi connectivity index (χ4n) is 3.82. The van der Waals surface area contributed by atoms with Crippen LogP contribution in [0.1, 0.15) is 30.7 Å². The molecule has 0 aliphatic carbocycles. The van der Waals surface area contributed by atoms with E-state index in [4.69, 9.17) is 4.74 Å². The maximum Gasteiger partial charge on any atom is 0.251 e. The topological polar surface area (TPSA) is 58.6 Å². The Balaban J connectivity index is 1.40. The summed E-state index contributed by atoms with van der Waals surface area (Å²) in [6.07, 6.45) is 4.18. The van der Waals surface area contributed by atoms with Crippen molar-refractivity contribution in [1.29, 1.82) is 0 Å². The first-order valence-corrected chi connectivity index (χ1v) is 9.01. The molecule has 4 rings (SSSR count). The van der Waals surface area contributed by atoms with Gasteiger partial charge in [0, 0.05) is 26.2 Å². The number of carbonyl (C=O) groups is 1. The predicted octanol–water partition coefficient (Wildman–Crippen LogP) is 1.45. The van der Waals surface area contributed by atoms with Crippen LogP contribution in [0, 0.1) is 12.8 Å². The molecule has 0 aromatic carbocycles. The first-order chi connectivity index (χ1) is 10.7. The van der Waals surface area contributed by atoms with Crippen molar-refractivity contribution < 1.29 is 9.53 Å². The zero-order chi connectivity index (χ0) is 15.1. The third-order valence-electron chi connectivity index (χ3n) is 5.03. The van der Waals surface area contributed by atoms with Gasteiger partial charge in [-0.2, -0.15) is 0 Å². The van der Waals surface area contributed by atoms with Crippen LogP contribution in [0.5, 0.6) is 0 Å². The average Bonchev–Trinajstić information content (AvgIpc) is 3.25. The Morgan fingerprint density at radius 3 is 2.82 bits per heavy atom. The second-order valence-electron chi connectivity index (χ2n) is 6.53. The predicted molar refractivity (Wildman–Crippen MR) is 84.1 cm³/mol. The number of nitrogens with zero attached hydrogens (tertiary/aromatic N) is 4. The first-order valence-electron chi connectivity index (χ1n) is 8.20. The van der Waals surface area contributed by atoms with E-state index < -0.39 is 0 Å². The number of likely N-dealkylation sites (tertiary alicyclic amines) is 1. The first kappa shape index (κ1) is 14.4. The Hall–Kier alpha value is -1.21. The lowest BCUT2D eigenvalue weighted by Gasteiger charge is -2.33. The van der Waals surface area contributed by atoms with Gasteiger partial charge in [-0.3, -0.25) is 4.79 Å². The van der Waals surface area contributed by atoms with E-state index in [-0.39, 0.29) is 18.1 Å². The van der Waals surface area contributed by atoms with Gasteiger partial charge < -0.3 is 14.5 Å². The summed E-state index contributed by atoms with van der Waals surface area (Å²) in [5, 5.41) is 10.3. The molecular formula is C15H22N4O2S. The van der Waals surface area contributed by atoms with Crippen LogP contribution in [0.15, 0.2) is 0 Å². The number of hydrogen-bond donors (Lipinski definition) is 0. The van der Waals surface area contributed by atoms with Crippen LogP contribution in [0.2, 0.25) is 0 Å². The zero-order valence-electron chi connectivity index (χ0n) is 12.9. The molecule has 7 heteroatoms. The molecule has 1 aromatic heterocycles. The number of aryl methyl sites for hydroxylation is 1. The number of rotatable bonds is 2. The van der Waals surface area contributed by atoms with Gasteiger partial charge in [-0.25, -0.2) is 0 Å². The van der Waals surface area contributed by atoms with Crippen LogP contribution >= 0.6 is 11.3 Å². The summed E-state index contributed by atoms with van der Waals surface area (Å²) in [5.41, 5.74) is 0. The van der Waals surface area contributed by atoms with Crippen LogP contribution < -0.4 is 4.90 Å². The van der Waals surface area contributed by atoms with Gasteiger partial charge in [0.15, 0.2) is 0 Å². The molecule has 3 fully saturated rings. The summed E-state index contributed by atoms with van der Waals surface area (Å²) in [4.78, 5) is 16.8. The molecule has 0 unspecified atom stereocenters. The van der Waals surface area contributed by atoms with Crippen LogP contribution in [-0.4, -0.2) is 59.4 Å². The van der Waals surface area contributed by atoms with Gasteiger partial charge in [-0.1, -0.05) is 11.3 Å². The molecule has 120 valence electrons. The molecule has 1 aromatic rings. The van der Waals surface area contributed by atoms with Crippen molar-refractivity contribution in [3.8, 4) is 0 Å². The van der Waals surface area contributed by atoms with Gasteiger partial charge in [0.1, 0.15) is 11.1 Å². The van der Waals surface area contributed by atoms with Crippen molar-refractivity contribution in [2.45, 2.75) is 44.8 Å². The van der Waals surface area contributed by atoms with E-state index in [0.29, 0.717) is 5.92 Å². The second-order valence-corrected chi connectivity index (χ2v) is 7.69. The largest absolute Gasteiger partial charge is 0.363 e. The summed E-state index contributed by atoms with van der Waals surface area (Å²) in [6.45, 7) is 5.62. The molecule has 3 aliphatic rings. The zero-order valence-corrected chi connectivity index (χ0v) is 13.7. The minimum Gasteiger partial charge on any atom is -0.363 e. The van der Waals surface area contributed by atoms with E-state index in [1.165, 1.54) is 0 Å². The minimum atomic E-state index is -0.218. The summed E-state index contributed by atoms with van der Waals surface area (Å²) >= 11 is 1.63. The molecule has 0 spiro atoms. The summed E-state index contributed by atoms with van der Waals surface area (Å²) in [6, 6.07) is 0. The highest BCUT2D eigenvalue weighted by atomic mass is 32.1. The monoisotopic (exact) mass is 322 g/mol. The summed E-state index contributed by atoms with van der Waals surface area (Å²) < 4.78 is 6.12. The molecule has 0 bridgehead atoms. The molecule has 0 radical (unpaired) electrons. The van der Waals surface area contributed by atoms with Crippen molar-refractivity contribution in [2.75, 3.05) is 31.1 Å². The molecule has 4 heterocycles. The third kappa shape index (κ3) is 2.60. The van der Waals surface area contributed by atoms with Gasteiger partial charge in [-0.05, 0) is 38.5 Å². The number of amides is 1. The highest BCUT2D eigenvalue weighted by Gasteiger charge is 2.43. The highest BCUT2D eigenvalue weighted by molar-refractivity contribution is 7.15. The van der Waals surface area contributed by atoms with Crippen LogP contribution in [0.25, 0.3) is 0 Å². The molecule has 3 atom stereocenters. The molecule has 3 aliphatic heterocycles. The average molecular weight is 322 g/mol. The van der Waals surface area contributed by atoms with Crippen LogP contribution in [0.3, 0.4) is 0 Å². The molecule has 3 saturated heterocycles.